The first-order chi connectivity index (χ1) is 10.7. The molecule has 0 amide bonds. The summed E-state index contributed by atoms with van der Waals surface area (Å²) in [5, 5.41) is 0. The van der Waals surface area contributed by atoms with Gasteiger partial charge < -0.3 is 0 Å². The Balaban J connectivity index is 1.61. The van der Waals surface area contributed by atoms with Crippen molar-refractivity contribution in [1.82, 2.24) is 0 Å². The van der Waals surface area contributed by atoms with E-state index in [0.29, 0.717) is 5.92 Å². The molecule has 2 heteroatoms. The lowest BCUT2D eigenvalue weighted by Crippen LogP contribution is -2.18. The maximum absolute atomic E-state index is 13.4. The van der Waals surface area contributed by atoms with E-state index in [4.69, 9.17) is 0 Å². The summed E-state index contributed by atoms with van der Waals surface area (Å²) in [7, 11) is 0. The number of hydrogen-bond donors (Lipinski definition) is 0. The second-order valence-electron chi connectivity index (χ2n) is 7.05. The molecule has 1 fully saturated rings. The number of benzene rings is 1. The SMILES string of the molecule is CCC1CCC(C2=CCC(c3ccc(F)c(F)c3)CC2)CC1. The van der Waals surface area contributed by atoms with E-state index in [2.05, 4.69) is 13.0 Å². The summed E-state index contributed by atoms with van der Waals surface area (Å²) in [5.74, 6) is 0.614. The lowest BCUT2D eigenvalue weighted by Gasteiger charge is -2.32. The molecule has 0 N–H and O–H groups in total. The fraction of sp³-hybridized carbons (Fsp3) is 0.600. The van der Waals surface area contributed by atoms with Gasteiger partial charge >= 0.3 is 0 Å². The predicted molar refractivity (Wildman–Crippen MR) is 86.8 cm³/mol. The summed E-state index contributed by atoms with van der Waals surface area (Å²) < 4.78 is 26.4. The van der Waals surface area contributed by atoms with E-state index in [1.165, 1.54) is 44.2 Å². The fourth-order valence-corrected chi connectivity index (χ4v) is 4.24. The highest BCUT2D eigenvalue weighted by molar-refractivity contribution is 5.25. The summed E-state index contributed by atoms with van der Waals surface area (Å²) in [6, 6.07) is 4.38. The minimum atomic E-state index is -0.747. The largest absolute Gasteiger partial charge is 0.204 e. The smallest absolute Gasteiger partial charge is 0.159 e. The van der Waals surface area contributed by atoms with Gasteiger partial charge in [0, 0.05) is 0 Å². The molecule has 0 bridgehead atoms. The maximum atomic E-state index is 13.4. The van der Waals surface area contributed by atoms with Crippen molar-refractivity contribution < 1.29 is 8.78 Å². The quantitative estimate of drug-likeness (QED) is 0.569. The van der Waals surface area contributed by atoms with Crippen LogP contribution in [0.25, 0.3) is 0 Å². The maximum Gasteiger partial charge on any atom is 0.159 e. The fourth-order valence-electron chi connectivity index (χ4n) is 4.24. The molecule has 0 spiro atoms. The summed E-state index contributed by atoms with van der Waals surface area (Å²) in [5.41, 5.74) is 2.58. The third-order valence-corrected chi connectivity index (χ3v) is 5.81. The van der Waals surface area contributed by atoms with Crippen molar-refractivity contribution in [2.24, 2.45) is 11.8 Å². The van der Waals surface area contributed by atoms with Gasteiger partial charge in [0.05, 0.1) is 0 Å². The van der Waals surface area contributed by atoms with E-state index in [-0.39, 0.29) is 0 Å². The zero-order valence-corrected chi connectivity index (χ0v) is 13.5. The molecule has 1 unspecified atom stereocenters. The Morgan fingerprint density at radius 2 is 1.73 bits per heavy atom. The van der Waals surface area contributed by atoms with Crippen molar-refractivity contribution in [1.29, 1.82) is 0 Å². The molecular weight excluding hydrogens is 278 g/mol. The van der Waals surface area contributed by atoms with Gasteiger partial charge in [-0.1, -0.05) is 31.1 Å². The average Bonchev–Trinajstić information content (AvgIpc) is 2.58. The van der Waals surface area contributed by atoms with Crippen LogP contribution in [0.5, 0.6) is 0 Å². The summed E-state index contributed by atoms with van der Waals surface area (Å²) in [4.78, 5) is 0. The van der Waals surface area contributed by atoms with Gasteiger partial charge in [-0.3, -0.25) is 0 Å². The van der Waals surface area contributed by atoms with Crippen molar-refractivity contribution in [3.8, 4) is 0 Å². The standard InChI is InChI=1S/C20H26F2/c1-2-14-3-5-15(6-4-14)16-7-9-17(10-8-16)18-11-12-19(21)20(22)13-18/h7,11-15,17H,2-6,8-10H2,1H3. The zero-order chi connectivity index (χ0) is 15.5. The van der Waals surface area contributed by atoms with Crippen LogP contribution in [-0.4, -0.2) is 0 Å². The van der Waals surface area contributed by atoms with Crippen molar-refractivity contribution >= 4 is 0 Å². The Kier molecular flexibility index (Phi) is 4.95. The van der Waals surface area contributed by atoms with Gasteiger partial charge in [0.15, 0.2) is 11.6 Å². The first kappa shape index (κ1) is 15.7. The van der Waals surface area contributed by atoms with Crippen molar-refractivity contribution in [3.05, 3.63) is 47.0 Å². The van der Waals surface area contributed by atoms with E-state index in [0.717, 1.165) is 36.7 Å². The number of hydrogen-bond acceptors (Lipinski definition) is 0. The number of rotatable bonds is 3. The van der Waals surface area contributed by atoms with Gasteiger partial charge in [-0.2, -0.15) is 0 Å². The van der Waals surface area contributed by atoms with Gasteiger partial charge in [0.1, 0.15) is 0 Å². The van der Waals surface area contributed by atoms with Crippen molar-refractivity contribution in [2.75, 3.05) is 0 Å². The summed E-state index contributed by atoms with van der Waals surface area (Å²) >= 11 is 0. The highest BCUT2D eigenvalue weighted by Crippen LogP contribution is 2.41. The van der Waals surface area contributed by atoms with Crippen molar-refractivity contribution in [3.63, 3.8) is 0 Å². The molecule has 0 aromatic heterocycles. The monoisotopic (exact) mass is 304 g/mol. The van der Waals surface area contributed by atoms with Crippen LogP contribution in [0.4, 0.5) is 8.78 Å². The zero-order valence-electron chi connectivity index (χ0n) is 13.5. The van der Waals surface area contributed by atoms with E-state index in [9.17, 15) is 8.78 Å². The third kappa shape index (κ3) is 3.42. The molecule has 1 atom stereocenters. The second-order valence-corrected chi connectivity index (χ2v) is 7.05. The van der Waals surface area contributed by atoms with E-state index in [1.807, 2.05) is 0 Å². The molecule has 2 aliphatic rings. The first-order valence-electron chi connectivity index (χ1n) is 8.81. The van der Waals surface area contributed by atoms with Crippen LogP contribution in [0.1, 0.15) is 69.8 Å². The lowest BCUT2D eigenvalue weighted by molar-refractivity contribution is 0.287. The average molecular weight is 304 g/mol. The van der Waals surface area contributed by atoms with Gasteiger partial charge in [-0.15, -0.1) is 0 Å². The predicted octanol–water partition coefficient (Wildman–Crippen LogP) is 6.38. The molecule has 2 aliphatic carbocycles. The normalized spacial score (nSPS) is 29.2. The van der Waals surface area contributed by atoms with Crippen LogP contribution < -0.4 is 0 Å². The molecule has 22 heavy (non-hydrogen) atoms. The lowest BCUT2D eigenvalue weighted by atomic mass is 9.73. The van der Waals surface area contributed by atoms with Crippen LogP contribution in [-0.2, 0) is 0 Å². The number of halogens is 2. The van der Waals surface area contributed by atoms with Crippen LogP contribution in [0.15, 0.2) is 29.8 Å². The molecule has 0 radical (unpaired) electrons. The highest BCUT2D eigenvalue weighted by Gasteiger charge is 2.26. The van der Waals surface area contributed by atoms with Gasteiger partial charge in [0.2, 0.25) is 0 Å². The molecule has 0 nitrogen and oxygen atoms in total. The second kappa shape index (κ2) is 6.93. The molecule has 1 saturated carbocycles. The Morgan fingerprint density at radius 3 is 2.32 bits per heavy atom. The van der Waals surface area contributed by atoms with Gasteiger partial charge in [0.25, 0.3) is 0 Å². The summed E-state index contributed by atoms with van der Waals surface area (Å²) in [6.07, 6.45) is 12.4. The Bertz CT molecular complexity index is 539. The van der Waals surface area contributed by atoms with Crippen LogP contribution in [0.2, 0.25) is 0 Å². The molecule has 120 valence electrons. The van der Waals surface area contributed by atoms with Gasteiger partial charge in [-0.05, 0) is 80.4 Å². The highest BCUT2D eigenvalue weighted by atomic mass is 19.2. The molecule has 1 aromatic rings. The van der Waals surface area contributed by atoms with Crippen LogP contribution in [0, 0.1) is 23.5 Å². The number of allylic oxidation sites excluding steroid dienone is 2. The Hall–Kier alpha value is -1.18. The molecule has 0 heterocycles. The molecule has 1 aromatic carbocycles. The van der Waals surface area contributed by atoms with Crippen LogP contribution in [0.3, 0.4) is 0 Å². The minimum absolute atomic E-state index is 0.353. The molecule has 0 aliphatic heterocycles. The van der Waals surface area contributed by atoms with E-state index >= 15 is 0 Å². The van der Waals surface area contributed by atoms with Gasteiger partial charge in [-0.25, -0.2) is 8.78 Å². The van der Waals surface area contributed by atoms with Crippen LogP contribution >= 0.6 is 0 Å². The topological polar surface area (TPSA) is 0 Å². The Labute approximate surface area is 132 Å². The molecular formula is C20H26F2. The van der Waals surface area contributed by atoms with Crippen molar-refractivity contribution in [2.45, 2.75) is 64.2 Å². The van der Waals surface area contributed by atoms with E-state index < -0.39 is 11.6 Å². The minimum Gasteiger partial charge on any atom is -0.204 e. The van der Waals surface area contributed by atoms with E-state index in [1.54, 1.807) is 11.6 Å². The Morgan fingerprint density at radius 1 is 0.955 bits per heavy atom. The summed E-state index contributed by atoms with van der Waals surface area (Å²) in [6.45, 7) is 2.30. The third-order valence-electron chi connectivity index (χ3n) is 5.81. The first-order valence-corrected chi connectivity index (χ1v) is 8.81. The molecule has 3 rings (SSSR count). The molecule has 0 saturated heterocycles.